The minimum absolute atomic E-state index is 0.444. The Labute approximate surface area is 188 Å². The summed E-state index contributed by atoms with van der Waals surface area (Å²) in [5.41, 5.74) is 4.52. The molecule has 0 heteroatoms. The van der Waals surface area contributed by atoms with E-state index in [1.165, 1.54) is 64.2 Å². The van der Waals surface area contributed by atoms with Gasteiger partial charge in [0.1, 0.15) is 0 Å². The van der Waals surface area contributed by atoms with Crippen LogP contribution in [0.1, 0.15) is 120 Å². The van der Waals surface area contributed by atoms with Gasteiger partial charge in [-0.05, 0) is 114 Å². The lowest BCUT2D eigenvalue weighted by molar-refractivity contribution is -0.212. The molecule has 170 valence electrons. The average Bonchev–Trinajstić information content (AvgIpc) is 3.02. The fraction of sp³-hybridized carbons (Fsp3) is 0.933. The maximum absolute atomic E-state index is 2.78. The monoisotopic (exact) mass is 410 g/mol. The van der Waals surface area contributed by atoms with Gasteiger partial charge in [-0.3, -0.25) is 0 Å². The molecule has 3 unspecified atom stereocenters. The van der Waals surface area contributed by atoms with Crippen molar-refractivity contribution in [2.75, 3.05) is 0 Å². The van der Waals surface area contributed by atoms with Crippen LogP contribution < -0.4 is 0 Å². The molecule has 4 saturated carbocycles. The predicted octanol–water partition coefficient (Wildman–Crippen LogP) is 9.05. The summed E-state index contributed by atoms with van der Waals surface area (Å²) in [6.45, 7) is 21.1. The van der Waals surface area contributed by atoms with Gasteiger partial charge in [0.05, 0.1) is 0 Å². The molecule has 0 nitrogen and oxygen atoms in total. The molecule has 0 bridgehead atoms. The smallest absolute Gasteiger partial charge is 0.0141 e. The molecule has 5 aliphatic carbocycles. The lowest BCUT2D eigenvalue weighted by Crippen LogP contribution is -2.64. The Morgan fingerprint density at radius 1 is 0.733 bits per heavy atom. The fourth-order valence-corrected chi connectivity index (χ4v) is 11.3. The normalized spacial score (nSPS) is 54.6. The Kier molecular flexibility index (Phi) is 4.61. The molecule has 0 saturated heterocycles. The van der Waals surface area contributed by atoms with E-state index in [0.717, 1.165) is 29.6 Å². The molecule has 0 heterocycles. The molecule has 5 aliphatic rings. The lowest BCUT2D eigenvalue weighted by Gasteiger charge is -2.71. The van der Waals surface area contributed by atoms with E-state index >= 15 is 0 Å². The van der Waals surface area contributed by atoms with Gasteiger partial charge in [0.15, 0.2) is 0 Å². The summed E-state index contributed by atoms with van der Waals surface area (Å²) in [5.74, 6) is 4.52. The van der Waals surface area contributed by atoms with E-state index in [1.807, 2.05) is 5.57 Å². The molecule has 0 amide bonds. The Morgan fingerprint density at radius 2 is 1.37 bits per heavy atom. The van der Waals surface area contributed by atoms with Crippen molar-refractivity contribution in [1.29, 1.82) is 0 Å². The number of allylic oxidation sites excluding steroid dienone is 2. The van der Waals surface area contributed by atoms with Crippen LogP contribution in [0.3, 0.4) is 0 Å². The van der Waals surface area contributed by atoms with Crippen LogP contribution in [0, 0.1) is 56.7 Å². The fourth-order valence-electron chi connectivity index (χ4n) is 11.3. The Hall–Kier alpha value is -0.260. The lowest BCUT2D eigenvalue weighted by atomic mass is 9.33. The first-order valence-corrected chi connectivity index (χ1v) is 13.6. The third-order valence-corrected chi connectivity index (χ3v) is 13.0. The maximum Gasteiger partial charge on any atom is -0.0141 e. The molecule has 4 fully saturated rings. The quantitative estimate of drug-likeness (QED) is 0.378. The molecule has 0 aromatic rings. The predicted molar refractivity (Wildman–Crippen MR) is 129 cm³/mol. The second kappa shape index (κ2) is 6.41. The van der Waals surface area contributed by atoms with Gasteiger partial charge in [-0.2, -0.15) is 0 Å². The van der Waals surface area contributed by atoms with Gasteiger partial charge >= 0.3 is 0 Å². The highest BCUT2D eigenvalue weighted by atomic mass is 14.7. The average molecular weight is 411 g/mol. The zero-order valence-electron chi connectivity index (χ0n) is 21.5. The first kappa shape index (κ1) is 21.6. The van der Waals surface area contributed by atoms with Crippen molar-refractivity contribution >= 4 is 0 Å². The first-order valence-electron chi connectivity index (χ1n) is 13.6. The number of hydrogen-bond donors (Lipinski definition) is 0. The summed E-state index contributed by atoms with van der Waals surface area (Å²) >= 11 is 0. The van der Waals surface area contributed by atoms with E-state index < -0.39 is 0 Å². The van der Waals surface area contributed by atoms with Crippen molar-refractivity contribution in [2.24, 2.45) is 56.7 Å². The van der Waals surface area contributed by atoms with E-state index in [9.17, 15) is 0 Å². The van der Waals surface area contributed by atoms with Crippen molar-refractivity contribution in [3.63, 3.8) is 0 Å². The molecule has 0 spiro atoms. The molecule has 5 rings (SSSR count). The van der Waals surface area contributed by atoms with Crippen LogP contribution in [0.4, 0.5) is 0 Å². The van der Waals surface area contributed by atoms with Gasteiger partial charge in [-0.25, -0.2) is 0 Å². The van der Waals surface area contributed by atoms with Gasteiger partial charge < -0.3 is 0 Å². The standard InChI is InChI=1S/C30H50/c1-20(2)21-11-13-24-27(21,5)16-18-30(8)25-14-12-22-23(10-9-15-26(22,3)4)28(25,6)17-19-29(24,30)7/h12,20-21,23-25H,9-11,13-19H2,1-8H3/t21-,23?,24?,25?,27-,28+,29+,30-/m1/s1. The summed E-state index contributed by atoms with van der Waals surface area (Å²) in [5, 5.41) is 0. The van der Waals surface area contributed by atoms with Crippen LogP contribution in [-0.2, 0) is 0 Å². The summed E-state index contributed by atoms with van der Waals surface area (Å²) in [6.07, 6.45) is 17.4. The van der Waals surface area contributed by atoms with Crippen LogP contribution >= 0.6 is 0 Å². The van der Waals surface area contributed by atoms with Crippen molar-refractivity contribution in [3.8, 4) is 0 Å². The second-order valence-corrected chi connectivity index (χ2v) is 14.6. The SMILES string of the molecule is CC(C)[C@H]1CCC2[C@]1(C)CC[C@]1(C)C3CC=C4C(CCCC4(C)C)[C@]3(C)CC[C@@]21C. The van der Waals surface area contributed by atoms with Crippen LogP contribution in [0.2, 0.25) is 0 Å². The minimum Gasteiger partial charge on any atom is -0.0842 e. The molecule has 0 N–H and O–H groups in total. The Bertz CT molecular complexity index is 741. The third-order valence-electron chi connectivity index (χ3n) is 13.0. The highest BCUT2D eigenvalue weighted by Crippen LogP contribution is 2.77. The van der Waals surface area contributed by atoms with Gasteiger partial charge in [-0.1, -0.05) is 73.5 Å². The molecule has 30 heavy (non-hydrogen) atoms. The molecule has 0 radical (unpaired) electrons. The Balaban J connectivity index is 1.55. The topological polar surface area (TPSA) is 0 Å². The largest absolute Gasteiger partial charge is 0.0842 e. The highest BCUT2D eigenvalue weighted by Gasteiger charge is 2.69. The van der Waals surface area contributed by atoms with Gasteiger partial charge in [0.25, 0.3) is 0 Å². The van der Waals surface area contributed by atoms with E-state index in [1.54, 1.807) is 0 Å². The summed E-state index contributed by atoms with van der Waals surface area (Å²) in [4.78, 5) is 0. The van der Waals surface area contributed by atoms with Crippen molar-refractivity contribution in [2.45, 2.75) is 120 Å². The van der Waals surface area contributed by atoms with Gasteiger partial charge in [0.2, 0.25) is 0 Å². The van der Waals surface area contributed by atoms with Crippen LogP contribution in [-0.4, -0.2) is 0 Å². The number of fused-ring (bicyclic) bond motifs is 7. The van der Waals surface area contributed by atoms with Gasteiger partial charge in [-0.15, -0.1) is 0 Å². The molecular weight excluding hydrogens is 360 g/mol. The third kappa shape index (κ3) is 2.46. The first-order chi connectivity index (χ1) is 13.9. The van der Waals surface area contributed by atoms with Gasteiger partial charge in [0, 0.05) is 0 Å². The summed E-state index contributed by atoms with van der Waals surface area (Å²) < 4.78 is 0. The van der Waals surface area contributed by atoms with E-state index in [4.69, 9.17) is 0 Å². The molecule has 0 aliphatic heterocycles. The van der Waals surface area contributed by atoms with E-state index in [-0.39, 0.29) is 0 Å². The molecular formula is C30H50. The van der Waals surface area contributed by atoms with Crippen LogP contribution in [0.5, 0.6) is 0 Å². The summed E-state index contributed by atoms with van der Waals surface area (Å²) in [7, 11) is 0. The summed E-state index contributed by atoms with van der Waals surface area (Å²) in [6, 6.07) is 0. The maximum atomic E-state index is 2.78. The van der Waals surface area contributed by atoms with E-state index in [2.05, 4.69) is 61.5 Å². The number of rotatable bonds is 1. The van der Waals surface area contributed by atoms with E-state index in [0.29, 0.717) is 27.1 Å². The van der Waals surface area contributed by atoms with Crippen molar-refractivity contribution in [1.82, 2.24) is 0 Å². The molecule has 0 aromatic heterocycles. The minimum atomic E-state index is 0.444. The highest BCUT2D eigenvalue weighted by molar-refractivity contribution is 5.29. The van der Waals surface area contributed by atoms with Crippen molar-refractivity contribution < 1.29 is 0 Å². The molecule has 8 atom stereocenters. The van der Waals surface area contributed by atoms with Crippen LogP contribution in [0.25, 0.3) is 0 Å². The zero-order chi connectivity index (χ0) is 21.7. The van der Waals surface area contributed by atoms with Crippen molar-refractivity contribution in [3.05, 3.63) is 11.6 Å². The number of hydrogen-bond acceptors (Lipinski definition) is 0. The second-order valence-electron chi connectivity index (χ2n) is 14.6. The van der Waals surface area contributed by atoms with Crippen LogP contribution in [0.15, 0.2) is 11.6 Å². The Morgan fingerprint density at radius 3 is 2.03 bits per heavy atom. The molecule has 0 aromatic carbocycles. The zero-order valence-corrected chi connectivity index (χ0v) is 21.5.